The fourth-order valence-corrected chi connectivity index (χ4v) is 4.63. The van der Waals surface area contributed by atoms with Crippen molar-refractivity contribution >= 4 is 17.7 Å². The van der Waals surface area contributed by atoms with Gasteiger partial charge in [-0.25, -0.2) is 4.39 Å². The van der Waals surface area contributed by atoms with E-state index in [1.54, 1.807) is 45.9 Å². The number of nitriles is 1. The molecule has 1 atom stereocenters. The van der Waals surface area contributed by atoms with Crippen molar-refractivity contribution in [3.05, 3.63) is 63.5 Å². The van der Waals surface area contributed by atoms with Gasteiger partial charge in [-0.2, -0.15) is 5.26 Å². The van der Waals surface area contributed by atoms with Gasteiger partial charge in [-0.05, 0) is 64.7 Å². The summed E-state index contributed by atoms with van der Waals surface area (Å²) in [6.45, 7) is 8.24. The molecule has 0 spiro atoms. The molecule has 0 amide bonds. The van der Waals surface area contributed by atoms with Crippen molar-refractivity contribution in [3.8, 4) is 22.9 Å². The molecular weight excluding hydrogens is 491 g/mol. The SMILES string of the molecule is CCOc1cc([N+](=O)[O-])c(C=C(C#N)C(CC(=O)OC(C)(C)C)C2CCOCC2)cc1-c1ccccc1F. The van der Waals surface area contributed by atoms with Gasteiger partial charge in [-0.3, -0.25) is 14.9 Å². The third-order valence-corrected chi connectivity index (χ3v) is 6.27. The minimum Gasteiger partial charge on any atom is -0.493 e. The molecule has 0 aliphatic carbocycles. The van der Waals surface area contributed by atoms with Crippen LogP contribution in [0, 0.1) is 39.1 Å². The maximum absolute atomic E-state index is 14.7. The van der Waals surface area contributed by atoms with Crippen molar-refractivity contribution in [2.45, 2.75) is 52.6 Å². The molecule has 3 rings (SSSR count). The zero-order valence-electron chi connectivity index (χ0n) is 22.2. The minimum atomic E-state index is -0.698. The molecule has 0 aromatic heterocycles. The monoisotopic (exact) mass is 524 g/mol. The normalized spacial score (nSPS) is 15.4. The van der Waals surface area contributed by atoms with E-state index < -0.39 is 28.2 Å². The lowest BCUT2D eigenvalue weighted by molar-refractivity contribution is -0.385. The van der Waals surface area contributed by atoms with Gasteiger partial charge < -0.3 is 14.2 Å². The number of halogens is 1. The van der Waals surface area contributed by atoms with E-state index in [2.05, 4.69) is 6.07 Å². The van der Waals surface area contributed by atoms with Crippen LogP contribution >= 0.6 is 0 Å². The Morgan fingerprint density at radius 3 is 2.53 bits per heavy atom. The Morgan fingerprint density at radius 2 is 1.95 bits per heavy atom. The van der Waals surface area contributed by atoms with Crippen molar-refractivity contribution < 1.29 is 28.3 Å². The molecule has 1 aliphatic rings. The van der Waals surface area contributed by atoms with E-state index in [-0.39, 0.29) is 47.1 Å². The van der Waals surface area contributed by atoms with Crippen LogP contribution in [0.15, 0.2) is 42.0 Å². The molecule has 2 aromatic rings. The van der Waals surface area contributed by atoms with E-state index in [0.717, 1.165) is 0 Å². The molecule has 1 heterocycles. The first kappa shape index (κ1) is 28.8. The first-order valence-corrected chi connectivity index (χ1v) is 12.7. The molecule has 202 valence electrons. The first-order valence-electron chi connectivity index (χ1n) is 12.7. The summed E-state index contributed by atoms with van der Waals surface area (Å²) in [5.74, 6) is -1.38. The molecular formula is C29H33FN2O6. The molecule has 0 bridgehead atoms. The molecule has 0 saturated carbocycles. The van der Waals surface area contributed by atoms with Gasteiger partial charge >= 0.3 is 5.97 Å². The number of ether oxygens (including phenoxy) is 3. The van der Waals surface area contributed by atoms with Crippen molar-refractivity contribution in [1.82, 2.24) is 0 Å². The van der Waals surface area contributed by atoms with E-state index >= 15 is 0 Å². The fourth-order valence-electron chi connectivity index (χ4n) is 4.63. The molecule has 1 fully saturated rings. The van der Waals surface area contributed by atoms with Crippen LogP contribution in [0.2, 0.25) is 0 Å². The topological polar surface area (TPSA) is 112 Å². The molecule has 9 heteroatoms. The lowest BCUT2D eigenvalue weighted by Gasteiger charge is -2.30. The molecule has 38 heavy (non-hydrogen) atoms. The molecule has 1 saturated heterocycles. The van der Waals surface area contributed by atoms with Gasteiger partial charge in [-0.15, -0.1) is 0 Å². The summed E-state index contributed by atoms with van der Waals surface area (Å²) >= 11 is 0. The number of nitrogens with zero attached hydrogens (tertiary/aromatic N) is 2. The third kappa shape index (κ3) is 7.39. The number of carbonyl (C=O) groups excluding carboxylic acids is 1. The predicted molar refractivity (Wildman–Crippen MR) is 141 cm³/mol. The van der Waals surface area contributed by atoms with E-state index in [9.17, 15) is 24.6 Å². The standard InChI is InChI=1S/C29H33FN2O6/c1-5-37-27-17-26(32(34)35)20(15-24(27)22-8-6-7-9-25(22)30)14-21(18-31)23(19-10-12-36-13-11-19)16-28(33)38-29(2,3)4/h6-9,14-15,17,19,23H,5,10-13,16H2,1-4H3. The quantitative estimate of drug-likeness (QED) is 0.160. The number of nitro groups is 1. The highest BCUT2D eigenvalue weighted by atomic mass is 19.1. The highest BCUT2D eigenvalue weighted by molar-refractivity contribution is 5.80. The lowest BCUT2D eigenvalue weighted by atomic mass is 9.78. The number of hydrogen-bond acceptors (Lipinski definition) is 7. The number of rotatable bonds is 9. The Hall–Kier alpha value is -3.77. The van der Waals surface area contributed by atoms with Gasteiger partial charge in [0.2, 0.25) is 0 Å². The van der Waals surface area contributed by atoms with Gasteiger partial charge in [0.05, 0.1) is 35.7 Å². The number of allylic oxidation sites excluding steroid dienone is 1. The second-order valence-corrected chi connectivity index (χ2v) is 10.1. The van der Waals surface area contributed by atoms with Crippen LogP contribution in [0.25, 0.3) is 17.2 Å². The summed E-state index contributed by atoms with van der Waals surface area (Å²) in [7, 11) is 0. The van der Waals surface area contributed by atoms with Gasteiger partial charge in [0.25, 0.3) is 5.69 Å². The molecule has 0 N–H and O–H groups in total. The summed E-state index contributed by atoms with van der Waals surface area (Å²) in [4.78, 5) is 24.3. The highest BCUT2D eigenvalue weighted by Crippen LogP contribution is 2.40. The summed E-state index contributed by atoms with van der Waals surface area (Å²) < 4.78 is 31.4. The van der Waals surface area contributed by atoms with E-state index in [1.807, 2.05) is 0 Å². The van der Waals surface area contributed by atoms with Crippen molar-refractivity contribution in [3.63, 3.8) is 0 Å². The van der Waals surface area contributed by atoms with Crippen LogP contribution < -0.4 is 4.74 Å². The number of nitro benzene ring substituents is 1. The van der Waals surface area contributed by atoms with E-state index in [0.29, 0.717) is 31.6 Å². The van der Waals surface area contributed by atoms with Crippen LogP contribution in [-0.2, 0) is 14.3 Å². The highest BCUT2D eigenvalue weighted by Gasteiger charge is 2.32. The van der Waals surface area contributed by atoms with Crippen molar-refractivity contribution in [2.75, 3.05) is 19.8 Å². The second-order valence-electron chi connectivity index (χ2n) is 10.1. The average Bonchev–Trinajstić information content (AvgIpc) is 2.86. The Morgan fingerprint density at radius 1 is 1.26 bits per heavy atom. The molecule has 8 nitrogen and oxygen atoms in total. The zero-order valence-corrected chi connectivity index (χ0v) is 22.2. The molecule has 1 unspecified atom stereocenters. The summed E-state index contributed by atoms with van der Waals surface area (Å²) in [5.41, 5.74) is -0.105. The number of hydrogen-bond donors (Lipinski definition) is 0. The Labute approximate surface area is 222 Å². The molecule has 1 aliphatic heterocycles. The Bertz CT molecular complexity index is 1240. The average molecular weight is 525 g/mol. The molecule has 0 radical (unpaired) electrons. The number of esters is 1. The summed E-state index contributed by atoms with van der Waals surface area (Å²) in [6, 6.07) is 11.0. The van der Waals surface area contributed by atoms with Crippen molar-refractivity contribution in [1.29, 1.82) is 5.26 Å². The first-order chi connectivity index (χ1) is 18.0. The van der Waals surface area contributed by atoms with Crippen LogP contribution in [0.5, 0.6) is 5.75 Å². The van der Waals surface area contributed by atoms with Crippen LogP contribution in [-0.4, -0.2) is 36.3 Å². The van der Waals surface area contributed by atoms with Gasteiger partial charge in [-0.1, -0.05) is 18.2 Å². The van der Waals surface area contributed by atoms with Crippen LogP contribution in [0.3, 0.4) is 0 Å². The lowest BCUT2D eigenvalue weighted by Crippen LogP contribution is -2.30. The van der Waals surface area contributed by atoms with Gasteiger partial charge in [0.1, 0.15) is 17.2 Å². The maximum Gasteiger partial charge on any atom is 0.306 e. The summed E-state index contributed by atoms with van der Waals surface area (Å²) in [6.07, 6.45) is 2.66. The molecule has 2 aromatic carbocycles. The second kappa shape index (κ2) is 12.7. The number of carbonyl (C=O) groups is 1. The smallest absolute Gasteiger partial charge is 0.306 e. The van der Waals surface area contributed by atoms with E-state index in [1.165, 1.54) is 24.3 Å². The van der Waals surface area contributed by atoms with Crippen LogP contribution in [0.1, 0.15) is 52.5 Å². The maximum atomic E-state index is 14.7. The fraction of sp³-hybridized carbons (Fsp3) is 0.448. The van der Waals surface area contributed by atoms with Gasteiger partial charge in [0.15, 0.2) is 0 Å². The predicted octanol–water partition coefficient (Wildman–Crippen LogP) is 6.48. The third-order valence-electron chi connectivity index (χ3n) is 6.27. The summed E-state index contributed by atoms with van der Waals surface area (Å²) in [5, 5.41) is 22.2. The minimum absolute atomic E-state index is 0.0463. The Balaban J connectivity index is 2.16. The Kier molecular flexibility index (Phi) is 9.59. The largest absolute Gasteiger partial charge is 0.493 e. The number of benzene rings is 2. The zero-order chi connectivity index (χ0) is 27.9. The van der Waals surface area contributed by atoms with Crippen LogP contribution in [0.4, 0.5) is 10.1 Å². The van der Waals surface area contributed by atoms with Crippen molar-refractivity contribution in [2.24, 2.45) is 11.8 Å². The van der Waals surface area contributed by atoms with E-state index in [4.69, 9.17) is 14.2 Å². The van der Waals surface area contributed by atoms with Gasteiger partial charge in [0, 0.05) is 35.8 Å².